The second-order valence-corrected chi connectivity index (χ2v) is 4.81. The van der Waals surface area contributed by atoms with Crippen molar-refractivity contribution in [1.82, 2.24) is 20.9 Å². The van der Waals surface area contributed by atoms with Crippen LogP contribution in [0.15, 0.2) is 34.9 Å². The summed E-state index contributed by atoms with van der Waals surface area (Å²) in [5.74, 6) is -0.0913. The van der Waals surface area contributed by atoms with E-state index in [0.29, 0.717) is 5.89 Å². The molecule has 110 valence electrons. The molecule has 7 heteroatoms. The van der Waals surface area contributed by atoms with Gasteiger partial charge >= 0.3 is 5.91 Å². The summed E-state index contributed by atoms with van der Waals surface area (Å²) in [7, 11) is 0. The Morgan fingerprint density at radius 1 is 1.43 bits per heavy atom. The number of amides is 1. The van der Waals surface area contributed by atoms with Crippen LogP contribution in [-0.4, -0.2) is 22.6 Å². The van der Waals surface area contributed by atoms with Crippen molar-refractivity contribution in [2.45, 2.75) is 25.5 Å². The van der Waals surface area contributed by atoms with E-state index in [1.54, 1.807) is 0 Å². The minimum Gasteiger partial charge on any atom is -0.337 e. The van der Waals surface area contributed by atoms with Gasteiger partial charge in [0.05, 0.1) is 12.6 Å². The lowest BCUT2D eigenvalue weighted by Gasteiger charge is -2.03. The average molecular weight is 288 g/mol. The van der Waals surface area contributed by atoms with Gasteiger partial charge in [0, 0.05) is 0 Å². The highest BCUT2D eigenvalue weighted by Crippen LogP contribution is 2.20. The summed E-state index contributed by atoms with van der Waals surface area (Å²) in [5.41, 5.74) is 3.27. The van der Waals surface area contributed by atoms with E-state index in [9.17, 15) is 4.79 Å². The number of nitrogens with zero attached hydrogens (tertiary/aromatic N) is 2. The van der Waals surface area contributed by atoms with Gasteiger partial charge in [-0.2, -0.15) is 4.98 Å². The fourth-order valence-electron chi connectivity index (χ4n) is 2.17. The first-order valence-corrected chi connectivity index (χ1v) is 6.86. The van der Waals surface area contributed by atoms with Crippen LogP contribution in [0.3, 0.4) is 0 Å². The highest BCUT2D eigenvalue weighted by Gasteiger charge is 2.24. The highest BCUT2D eigenvalue weighted by molar-refractivity contribution is 5.89. The summed E-state index contributed by atoms with van der Waals surface area (Å²) >= 11 is 0. The first-order chi connectivity index (χ1) is 10.3. The summed E-state index contributed by atoms with van der Waals surface area (Å²) in [6, 6.07) is 9.58. The van der Waals surface area contributed by atoms with Gasteiger partial charge in [0.2, 0.25) is 5.89 Å². The Morgan fingerprint density at radius 2 is 2.29 bits per heavy atom. The van der Waals surface area contributed by atoms with Crippen LogP contribution in [0.25, 0.3) is 0 Å². The average Bonchev–Trinajstić information content (AvgIpc) is 3.19. The third-order valence-corrected chi connectivity index (χ3v) is 3.25. The smallest absolute Gasteiger partial charge is 0.316 e. The van der Waals surface area contributed by atoms with Gasteiger partial charge in [-0.25, -0.2) is 5.48 Å². The highest BCUT2D eigenvalue weighted by atomic mass is 16.7. The second kappa shape index (κ2) is 6.47. The lowest BCUT2D eigenvalue weighted by Crippen LogP contribution is -2.24. The zero-order valence-corrected chi connectivity index (χ0v) is 11.4. The van der Waals surface area contributed by atoms with E-state index in [2.05, 4.69) is 20.9 Å². The molecule has 7 nitrogen and oxygen atoms in total. The maximum atomic E-state index is 11.8. The van der Waals surface area contributed by atoms with Crippen LogP contribution in [-0.2, 0) is 11.4 Å². The van der Waals surface area contributed by atoms with Gasteiger partial charge in [-0.3, -0.25) is 9.63 Å². The maximum Gasteiger partial charge on any atom is 0.316 e. The van der Waals surface area contributed by atoms with Gasteiger partial charge < -0.3 is 9.84 Å². The van der Waals surface area contributed by atoms with Crippen LogP contribution in [0.5, 0.6) is 0 Å². The van der Waals surface area contributed by atoms with E-state index in [1.165, 1.54) is 0 Å². The number of hydrogen-bond acceptors (Lipinski definition) is 6. The molecule has 0 aliphatic carbocycles. The fraction of sp³-hybridized carbons (Fsp3) is 0.357. The van der Waals surface area contributed by atoms with E-state index in [4.69, 9.17) is 9.36 Å². The van der Waals surface area contributed by atoms with Crippen molar-refractivity contribution in [3.63, 3.8) is 0 Å². The number of carbonyl (C=O) groups is 1. The summed E-state index contributed by atoms with van der Waals surface area (Å²) < 4.78 is 5.09. The summed E-state index contributed by atoms with van der Waals surface area (Å²) in [4.78, 5) is 21.0. The van der Waals surface area contributed by atoms with E-state index < -0.39 is 5.91 Å². The van der Waals surface area contributed by atoms with Crippen molar-refractivity contribution in [1.29, 1.82) is 0 Å². The minimum atomic E-state index is -0.515. The van der Waals surface area contributed by atoms with Gasteiger partial charge in [0.1, 0.15) is 0 Å². The SMILES string of the molecule is O=C(NOCc1ccccc1)c1noc(C2CCCN2)n1. The monoisotopic (exact) mass is 288 g/mol. The van der Waals surface area contributed by atoms with Gasteiger partial charge in [-0.15, -0.1) is 0 Å². The summed E-state index contributed by atoms with van der Waals surface area (Å²) in [6.07, 6.45) is 2.00. The molecule has 1 aromatic carbocycles. The number of carbonyl (C=O) groups excluding carboxylic acids is 1. The van der Waals surface area contributed by atoms with Crippen LogP contribution in [0.1, 0.15) is 41.0 Å². The first kappa shape index (κ1) is 13.7. The number of nitrogens with one attached hydrogen (secondary N) is 2. The molecule has 0 saturated carbocycles. The molecule has 1 aliphatic heterocycles. The zero-order chi connectivity index (χ0) is 14.5. The standard InChI is InChI=1S/C14H16N4O3/c19-13(18-20-9-10-5-2-1-3-6-10)12-16-14(21-17-12)11-7-4-8-15-11/h1-3,5-6,11,15H,4,7-9H2,(H,18,19). The predicted octanol–water partition coefficient (Wildman–Crippen LogP) is 1.36. The Balaban J connectivity index is 1.51. The largest absolute Gasteiger partial charge is 0.337 e. The third-order valence-electron chi connectivity index (χ3n) is 3.25. The van der Waals surface area contributed by atoms with Crippen LogP contribution in [0.4, 0.5) is 0 Å². The van der Waals surface area contributed by atoms with E-state index in [1.807, 2.05) is 30.3 Å². The molecule has 0 bridgehead atoms. The molecule has 0 spiro atoms. The van der Waals surface area contributed by atoms with Gasteiger partial charge in [-0.1, -0.05) is 35.5 Å². The Bertz CT molecular complexity index is 593. The lowest BCUT2D eigenvalue weighted by atomic mass is 10.2. The van der Waals surface area contributed by atoms with E-state index >= 15 is 0 Å². The van der Waals surface area contributed by atoms with Crippen molar-refractivity contribution in [3.8, 4) is 0 Å². The quantitative estimate of drug-likeness (QED) is 0.807. The molecule has 0 radical (unpaired) electrons. The molecule has 1 saturated heterocycles. The molecule has 1 atom stereocenters. The van der Waals surface area contributed by atoms with Crippen molar-refractivity contribution in [3.05, 3.63) is 47.6 Å². The van der Waals surface area contributed by atoms with E-state index in [0.717, 1.165) is 24.9 Å². The van der Waals surface area contributed by atoms with Crippen molar-refractivity contribution >= 4 is 5.91 Å². The number of rotatable bonds is 5. The first-order valence-electron chi connectivity index (χ1n) is 6.86. The van der Waals surface area contributed by atoms with Crippen LogP contribution in [0, 0.1) is 0 Å². The molecule has 1 unspecified atom stereocenters. The van der Waals surface area contributed by atoms with Gasteiger partial charge in [0.15, 0.2) is 0 Å². The van der Waals surface area contributed by atoms with Crippen LogP contribution in [0.2, 0.25) is 0 Å². The molecule has 3 rings (SSSR count). The predicted molar refractivity (Wildman–Crippen MR) is 73.0 cm³/mol. The Labute approximate surface area is 121 Å². The number of aromatic nitrogens is 2. The maximum absolute atomic E-state index is 11.8. The van der Waals surface area contributed by atoms with E-state index in [-0.39, 0.29) is 18.5 Å². The number of hydrogen-bond donors (Lipinski definition) is 2. The summed E-state index contributed by atoms with van der Waals surface area (Å²) in [5, 5.41) is 6.90. The second-order valence-electron chi connectivity index (χ2n) is 4.81. The molecule has 1 aliphatic rings. The third kappa shape index (κ3) is 3.45. The molecule has 2 heterocycles. The minimum absolute atomic E-state index is 0.0215. The Hall–Kier alpha value is -2.25. The molecule has 1 amide bonds. The molecular weight excluding hydrogens is 272 g/mol. The molecular formula is C14H16N4O3. The Morgan fingerprint density at radius 3 is 3.05 bits per heavy atom. The summed E-state index contributed by atoms with van der Waals surface area (Å²) in [6.45, 7) is 1.20. The molecule has 1 aromatic heterocycles. The van der Waals surface area contributed by atoms with Crippen molar-refractivity contribution < 1.29 is 14.2 Å². The van der Waals surface area contributed by atoms with Crippen LogP contribution >= 0.6 is 0 Å². The van der Waals surface area contributed by atoms with Gasteiger partial charge in [0.25, 0.3) is 5.82 Å². The van der Waals surface area contributed by atoms with Gasteiger partial charge in [-0.05, 0) is 24.9 Å². The number of benzene rings is 1. The van der Waals surface area contributed by atoms with Crippen LogP contribution < -0.4 is 10.8 Å². The zero-order valence-electron chi connectivity index (χ0n) is 11.4. The Kier molecular flexibility index (Phi) is 4.23. The topological polar surface area (TPSA) is 89.3 Å². The molecule has 1 fully saturated rings. The molecule has 2 N–H and O–H groups in total. The van der Waals surface area contributed by atoms with Crippen molar-refractivity contribution in [2.75, 3.05) is 6.54 Å². The van der Waals surface area contributed by atoms with Crippen molar-refractivity contribution in [2.24, 2.45) is 0 Å². The normalized spacial score (nSPS) is 17.8. The molecule has 2 aromatic rings. The number of hydroxylamine groups is 1. The lowest BCUT2D eigenvalue weighted by molar-refractivity contribution is 0.0223. The fourth-order valence-corrected chi connectivity index (χ4v) is 2.17. The molecule has 21 heavy (non-hydrogen) atoms.